The molecule has 3 aromatic heterocycles. The molecule has 1 aliphatic carbocycles. The molecule has 1 fully saturated rings. The first-order valence-corrected chi connectivity index (χ1v) is 12.7. The zero-order valence-electron chi connectivity index (χ0n) is 19.7. The number of carbonyl (C=O) groups excluding carboxylic acids is 1. The van der Waals surface area contributed by atoms with Crippen LogP contribution in [0.5, 0.6) is 0 Å². The first-order chi connectivity index (χ1) is 15.8. The minimum atomic E-state index is -0.0558. The molecule has 1 amide bonds. The highest BCUT2D eigenvalue weighted by Crippen LogP contribution is 2.40. The van der Waals surface area contributed by atoms with Gasteiger partial charge in [0, 0.05) is 49.9 Å². The first-order valence-electron chi connectivity index (χ1n) is 11.9. The second-order valence-electron chi connectivity index (χ2n) is 10.4. The quantitative estimate of drug-likeness (QED) is 0.591. The topological polar surface area (TPSA) is 57.9 Å². The van der Waals surface area contributed by atoms with Gasteiger partial charge in [0.2, 0.25) is 0 Å². The summed E-state index contributed by atoms with van der Waals surface area (Å²) >= 11 is 1.70. The number of hydrogen-bond donors (Lipinski definition) is 0. The van der Waals surface area contributed by atoms with E-state index in [2.05, 4.69) is 36.7 Å². The smallest absolute Gasteiger partial charge is 0.264 e. The number of carbonyl (C=O) groups is 1. The maximum atomic E-state index is 13.2. The molecule has 4 heterocycles. The van der Waals surface area contributed by atoms with Gasteiger partial charge in [-0.05, 0) is 54.4 Å². The fraction of sp³-hybridized carbons (Fsp3) is 0.500. The third-order valence-electron chi connectivity index (χ3n) is 7.19. The molecular formula is C26H32N4O2S. The van der Waals surface area contributed by atoms with Crippen LogP contribution in [0.4, 0.5) is 0 Å². The molecule has 1 atom stereocenters. The third-order valence-corrected chi connectivity index (χ3v) is 8.41. The van der Waals surface area contributed by atoms with E-state index in [1.807, 2.05) is 23.1 Å². The van der Waals surface area contributed by atoms with Gasteiger partial charge < -0.3 is 4.90 Å². The van der Waals surface area contributed by atoms with E-state index in [-0.39, 0.29) is 11.5 Å². The zero-order valence-corrected chi connectivity index (χ0v) is 20.5. The predicted octanol–water partition coefficient (Wildman–Crippen LogP) is 3.87. The van der Waals surface area contributed by atoms with Crippen molar-refractivity contribution in [2.45, 2.75) is 46.6 Å². The summed E-state index contributed by atoms with van der Waals surface area (Å²) in [6.45, 7) is 10.6. The van der Waals surface area contributed by atoms with Crippen molar-refractivity contribution in [2.75, 3.05) is 26.2 Å². The Bertz CT molecular complexity index is 1230. The maximum absolute atomic E-state index is 13.2. The van der Waals surface area contributed by atoms with Gasteiger partial charge in [0.15, 0.2) is 0 Å². The molecule has 33 heavy (non-hydrogen) atoms. The molecule has 0 aromatic carbocycles. The van der Waals surface area contributed by atoms with Crippen molar-refractivity contribution >= 4 is 22.9 Å². The Balaban J connectivity index is 1.21. The normalized spacial score (nSPS) is 19.6. The fourth-order valence-corrected chi connectivity index (χ4v) is 6.22. The van der Waals surface area contributed by atoms with Crippen LogP contribution < -0.4 is 5.56 Å². The lowest BCUT2D eigenvalue weighted by Gasteiger charge is -2.34. The summed E-state index contributed by atoms with van der Waals surface area (Å²) in [6.07, 6.45) is 5.15. The molecule has 0 spiro atoms. The highest BCUT2D eigenvalue weighted by molar-refractivity contribution is 7.14. The molecular weight excluding hydrogens is 432 g/mol. The van der Waals surface area contributed by atoms with Gasteiger partial charge in [-0.2, -0.15) is 0 Å². The average Bonchev–Trinajstić information content (AvgIpc) is 3.22. The number of nitrogens with zero attached hydrogens (tertiary/aromatic N) is 4. The van der Waals surface area contributed by atoms with Crippen LogP contribution >= 0.6 is 11.3 Å². The molecule has 3 aromatic rings. The number of piperazine rings is 1. The van der Waals surface area contributed by atoms with Crippen LogP contribution in [0.15, 0.2) is 41.3 Å². The summed E-state index contributed by atoms with van der Waals surface area (Å²) in [6, 6.07) is 9.36. The van der Waals surface area contributed by atoms with Crippen LogP contribution in [0.3, 0.4) is 0 Å². The SMILES string of the molecule is CC(C)(C)C1CCc2sc(C(=O)N3CCN(Cc4cc(=O)n5ccccc5n4)CC3)cc2C1. The van der Waals surface area contributed by atoms with Crippen LogP contribution in [-0.4, -0.2) is 51.3 Å². The number of aryl methyl sites for hydroxylation is 1. The van der Waals surface area contributed by atoms with Crippen molar-refractivity contribution in [2.24, 2.45) is 11.3 Å². The third kappa shape index (κ3) is 4.62. The van der Waals surface area contributed by atoms with Crippen LogP contribution in [0, 0.1) is 11.3 Å². The monoisotopic (exact) mass is 464 g/mol. The number of pyridine rings is 1. The molecule has 2 aliphatic rings. The van der Waals surface area contributed by atoms with E-state index >= 15 is 0 Å². The Labute approximate surface area is 198 Å². The van der Waals surface area contributed by atoms with Crippen molar-refractivity contribution in [3.8, 4) is 0 Å². The molecule has 1 saturated heterocycles. The zero-order chi connectivity index (χ0) is 23.2. The second kappa shape index (κ2) is 8.69. The van der Waals surface area contributed by atoms with E-state index in [9.17, 15) is 9.59 Å². The molecule has 5 rings (SSSR count). The van der Waals surface area contributed by atoms with Crippen LogP contribution in [-0.2, 0) is 19.4 Å². The van der Waals surface area contributed by atoms with E-state index in [0.29, 0.717) is 36.6 Å². The van der Waals surface area contributed by atoms with E-state index in [1.54, 1.807) is 28.0 Å². The number of amides is 1. The predicted molar refractivity (Wildman–Crippen MR) is 132 cm³/mol. The van der Waals surface area contributed by atoms with Crippen molar-refractivity contribution in [3.05, 3.63) is 67.9 Å². The average molecular weight is 465 g/mol. The number of aromatic nitrogens is 2. The molecule has 0 radical (unpaired) electrons. The van der Waals surface area contributed by atoms with E-state index in [0.717, 1.165) is 36.5 Å². The molecule has 6 nitrogen and oxygen atoms in total. The van der Waals surface area contributed by atoms with Crippen molar-refractivity contribution in [1.29, 1.82) is 0 Å². The number of thiophene rings is 1. The lowest BCUT2D eigenvalue weighted by molar-refractivity contribution is 0.0631. The molecule has 7 heteroatoms. The van der Waals surface area contributed by atoms with Gasteiger partial charge in [-0.25, -0.2) is 4.98 Å². The Morgan fingerprint density at radius 1 is 1.15 bits per heavy atom. The van der Waals surface area contributed by atoms with E-state index in [1.165, 1.54) is 16.9 Å². The molecule has 0 N–H and O–H groups in total. The van der Waals surface area contributed by atoms with E-state index in [4.69, 9.17) is 0 Å². The minimum Gasteiger partial charge on any atom is -0.335 e. The van der Waals surface area contributed by atoms with Crippen LogP contribution in [0.1, 0.15) is 53.0 Å². The van der Waals surface area contributed by atoms with Crippen molar-refractivity contribution in [1.82, 2.24) is 19.2 Å². The summed E-state index contributed by atoms with van der Waals surface area (Å²) in [5.41, 5.74) is 3.10. The molecule has 174 valence electrons. The summed E-state index contributed by atoms with van der Waals surface area (Å²) in [5.74, 6) is 0.853. The Morgan fingerprint density at radius 2 is 1.94 bits per heavy atom. The molecule has 0 bridgehead atoms. The van der Waals surface area contributed by atoms with Crippen LogP contribution in [0.2, 0.25) is 0 Å². The number of fused-ring (bicyclic) bond motifs is 2. The van der Waals surface area contributed by atoms with Gasteiger partial charge in [0.1, 0.15) is 5.65 Å². The van der Waals surface area contributed by atoms with Gasteiger partial charge in [0.25, 0.3) is 11.5 Å². The Morgan fingerprint density at radius 3 is 2.70 bits per heavy atom. The van der Waals surface area contributed by atoms with Crippen LogP contribution in [0.25, 0.3) is 5.65 Å². The minimum absolute atomic E-state index is 0.0558. The first kappa shape index (κ1) is 22.3. The van der Waals surface area contributed by atoms with Gasteiger partial charge >= 0.3 is 0 Å². The maximum Gasteiger partial charge on any atom is 0.264 e. The van der Waals surface area contributed by atoms with Crippen molar-refractivity contribution in [3.63, 3.8) is 0 Å². The lowest BCUT2D eigenvalue weighted by atomic mass is 9.72. The summed E-state index contributed by atoms with van der Waals surface area (Å²) in [7, 11) is 0. The molecule has 0 saturated carbocycles. The van der Waals surface area contributed by atoms with Gasteiger partial charge in [0.05, 0.1) is 10.6 Å². The second-order valence-corrected chi connectivity index (χ2v) is 11.6. The lowest BCUT2D eigenvalue weighted by Crippen LogP contribution is -2.48. The van der Waals surface area contributed by atoms with Gasteiger partial charge in [-0.1, -0.05) is 26.8 Å². The molecule has 1 unspecified atom stereocenters. The number of hydrogen-bond acceptors (Lipinski definition) is 5. The Kier molecular flexibility index (Phi) is 5.87. The molecule has 1 aliphatic heterocycles. The highest BCUT2D eigenvalue weighted by atomic mass is 32.1. The largest absolute Gasteiger partial charge is 0.335 e. The van der Waals surface area contributed by atoms with E-state index < -0.39 is 0 Å². The summed E-state index contributed by atoms with van der Waals surface area (Å²) in [4.78, 5) is 36.8. The van der Waals surface area contributed by atoms with Gasteiger partial charge in [-0.3, -0.25) is 18.9 Å². The highest BCUT2D eigenvalue weighted by Gasteiger charge is 2.31. The fourth-order valence-electron chi connectivity index (χ4n) is 5.05. The standard InChI is InChI=1S/C26H32N4O2S/c1-26(2,3)19-7-8-21-18(14-19)15-22(33-21)25(32)29-12-10-28(11-13-29)17-20-16-24(31)30-9-5-4-6-23(30)27-20/h4-6,9,15-16,19H,7-8,10-14,17H2,1-3H3. The number of rotatable bonds is 3. The Hall–Kier alpha value is -2.51. The summed E-state index contributed by atoms with van der Waals surface area (Å²) in [5, 5.41) is 0. The summed E-state index contributed by atoms with van der Waals surface area (Å²) < 4.78 is 1.56. The van der Waals surface area contributed by atoms with Gasteiger partial charge in [-0.15, -0.1) is 11.3 Å². The van der Waals surface area contributed by atoms with Crippen molar-refractivity contribution < 1.29 is 4.79 Å².